The number of aliphatic imine (C=N–C) groups is 1. The number of hydrogen-bond acceptors (Lipinski definition) is 3. The van der Waals surface area contributed by atoms with Gasteiger partial charge in [0.25, 0.3) is 5.91 Å². The summed E-state index contributed by atoms with van der Waals surface area (Å²) in [6, 6.07) is 16.4. The molecule has 4 heteroatoms. The normalized spacial score (nSPS) is 15.6. The van der Waals surface area contributed by atoms with E-state index in [4.69, 9.17) is 0 Å². The molecular formula is C16H12N2O2. The molecule has 2 aromatic rings. The zero-order chi connectivity index (χ0) is 14.1. The highest BCUT2D eigenvalue weighted by Gasteiger charge is 2.36. The summed E-state index contributed by atoms with van der Waals surface area (Å²) >= 11 is 0. The number of nitrogens with zero attached hydrogens (tertiary/aromatic N) is 2. The van der Waals surface area contributed by atoms with Gasteiger partial charge in [0, 0.05) is 12.5 Å². The molecule has 1 aliphatic rings. The summed E-state index contributed by atoms with van der Waals surface area (Å²) in [5, 5.41) is 0. The highest BCUT2D eigenvalue weighted by Crippen LogP contribution is 2.30. The van der Waals surface area contributed by atoms with E-state index in [9.17, 15) is 9.59 Å². The van der Waals surface area contributed by atoms with Gasteiger partial charge in [-0.25, -0.2) is 9.89 Å². The lowest BCUT2D eigenvalue weighted by Gasteiger charge is -2.11. The van der Waals surface area contributed by atoms with E-state index in [0.717, 1.165) is 4.90 Å². The molecule has 0 aromatic heterocycles. The molecule has 1 heterocycles. The molecule has 0 atom stereocenters. The van der Waals surface area contributed by atoms with Gasteiger partial charge in [-0.2, -0.15) is 0 Å². The van der Waals surface area contributed by atoms with Gasteiger partial charge in [0.15, 0.2) is 0 Å². The lowest BCUT2D eigenvalue weighted by Crippen LogP contribution is -2.34. The summed E-state index contributed by atoms with van der Waals surface area (Å²) in [7, 11) is 0. The van der Waals surface area contributed by atoms with E-state index < -0.39 is 0 Å². The van der Waals surface area contributed by atoms with Gasteiger partial charge in [-0.1, -0.05) is 36.4 Å². The van der Waals surface area contributed by atoms with Crippen molar-refractivity contribution in [3.05, 3.63) is 60.2 Å². The van der Waals surface area contributed by atoms with E-state index in [0.29, 0.717) is 22.6 Å². The van der Waals surface area contributed by atoms with Crippen molar-refractivity contribution in [1.29, 1.82) is 0 Å². The number of rotatable bonds is 1. The van der Waals surface area contributed by atoms with Gasteiger partial charge in [-0.05, 0) is 18.2 Å². The highest BCUT2D eigenvalue weighted by atomic mass is 16.2. The highest BCUT2D eigenvalue weighted by molar-refractivity contribution is 6.58. The predicted molar refractivity (Wildman–Crippen MR) is 77.2 cm³/mol. The summed E-state index contributed by atoms with van der Waals surface area (Å²) in [6.45, 7) is 1.38. The molecule has 0 fully saturated rings. The number of carbonyl (C=O) groups is 2. The van der Waals surface area contributed by atoms with Crippen LogP contribution < -0.4 is 4.90 Å². The average Bonchev–Trinajstić information content (AvgIpc) is 2.73. The van der Waals surface area contributed by atoms with E-state index in [-0.39, 0.29) is 11.8 Å². The minimum Gasteiger partial charge on any atom is -0.274 e. The second kappa shape index (κ2) is 4.74. The Morgan fingerprint density at radius 2 is 1.65 bits per heavy atom. The molecule has 0 bridgehead atoms. The smallest absolute Gasteiger partial charge is 0.274 e. The maximum absolute atomic E-state index is 12.4. The van der Waals surface area contributed by atoms with Gasteiger partial charge in [-0.15, -0.1) is 0 Å². The maximum Gasteiger partial charge on any atom is 0.284 e. The maximum atomic E-state index is 12.4. The molecule has 0 radical (unpaired) electrons. The van der Waals surface area contributed by atoms with Crippen LogP contribution >= 0.6 is 0 Å². The third-order valence-electron chi connectivity index (χ3n) is 3.12. The van der Waals surface area contributed by atoms with Crippen molar-refractivity contribution in [2.75, 3.05) is 4.90 Å². The van der Waals surface area contributed by atoms with Crippen LogP contribution in [0.3, 0.4) is 0 Å². The van der Waals surface area contributed by atoms with Crippen molar-refractivity contribution >= 4 is 28.9 Å². The molecule has 20 heavy (non-hydrogen) atoms. The summed E-state index contributed by atoms with van der Waals surface area (Å²) in [5.41, 5.74) is 2.29. The van der Waals surface area contributed by atoms with Crippen LogP contribution in [0.5, 0.6) is 0 Å². The summed E-state index contributed by atoms with van der Waals surface area (Å²) in [5.74, 6) is -0.678. The van der Waals surface area contributed by atoms with Crippen LogP contribution in [0.1, 0.15) is 12.5 Å². The molecule has 0 N–H and O–H groups in total. The Labute approximate surface area is 116 Å². The predicted octanol–water partition coefficient (Wildman–Crippen LogP) is 2.70. The molecule has 0 saturated heterocycles. The van der Waals surface area contributed by atoms with E-state index in [1.165, 1.54) is 6.92 Å². The number of fused-ring (bicyclic) bond motifs is 1. The van der Waals surface area contributed by atoms with Crippen molar-refractivity contribution in [2.24, 2.45) is 4.99 Å². The van der Waals surface area contributed by atoms with Gasteiger partial charge in [-0.3, -0.25) is 9.59 Å². The SMILES string of the molecule is CC(=O)N1C(=O)/C(=N\c2ccccc2)c2ccccc21. The zero-order valence-electron chi connectivity index (χ0n) is 10.9. The van der Waals surface area contributed by atoms with Gasteiger partial charge >= 0.3 is 0 Å². The molecule has 1 aliphatic heterocycles. The van der Waals surface area contributed by atoms with Crippen molar-refractivity contribution in [3.63, 3.8) is 0 Å². The Hall–Kier alpha value is -2.75. The van der Waals surface area contributed by atoms with Crippen LogP contribution in [-0.4, -0.2) is 17.5 Å². The minimum atomic E-state index is -0.373. The molecular weight excluding hydrogens is 252 g/mol. The Kier molecular flexibility index (Phi) is 2.91. The van der Waals surface area contributed by atoms with Crippen molar-refractivity contribution in [1.82, 2.24) is 0 Å². The topological polar surface area (TPSA) is 49.7 Å². The van der Waals surface area contributed by atoms with E-state index >= 15 is 0 Å². The Bertz CT molecular complexity index is 720. The number of para-hydroxylation sites is 2. The third kappa shape index (κ3) is 1.91. The van der Waals surface area contributed by atoms with Gasteiger partial charge < -0.3 is 0 Å². The Morgan fingerprint density at radius 3 is 2.35 bits per heavy atom. The van der Waals surface area contributed by atoms with Crippen LogP contribution in [0.2, 0.25) is 0 Å². The molecule has 0 aliphatic carbocycles. The minimum absolute atomic E-state index is 0.305. The number of imide groups is 1. The summed E-state index contributed by atoms with van der Waals surface area (Å²) < 4.78 is 0. The average molecular weight is 264 g/mol. The van der Waals surface area contributed by atoms with Crippen molar-refractivity contribution in [2.45, 2.75) is 6.92 Å². The largest absolute Gasteiger partial charge is 0.284 e. The zero-order valence-corrected chi connectivity index (χ0v) is 10.9. The standard InChI is InChI=1S/C16H12N2O2/c1-11(19)18-14-10-6-5-9-13(14)15(16(18)20)17-12-7-3-2-4-8-12/h2-10H,1H3/b17-15-. The number of hydrogen-bond donors (Lipinski definition) is 0. The molecule has 98 valence electrons. The number of amides is 2. The Balaban J connectivity index is 2.16. The van der Waals surface area contributed by atoms with E-state index in [1.54, 1.807) is 18.2 Å². The van der Waals surface area contributed by atoms with Gasteiger partial charge in [0.05, 0.1) is 11.4 Å². The van der Waals surface area contributed by atoms with E-state index in [2.05, 4.69) is 4.99 Å². The first-order valence-electron chi connectivity index (χ1n) is 6.26. The fourth-order valence-electron chi connectivity index (χ4n) is 2.25. The van der Waals surface area contributed by atoms with Crippen molar-refractivity contribution in [3.8, 4) is 0 Å². The fourth-order valence-corrected chi connectivity index (χ4v) is 2.25. The van der Waals surface area contributed by atoms with Gasteiger partial charge in [0.2, 0.25) is 5.91 Å². The number of carbonyl (C=O) groups excluding carboxylic acids is 2. The molecule has 0 unspecified atom stereocenters. The van der Waals surface area contributed by atoms with Crippen LogP contribution in [0, 0.1) is 0 Å². The Morgan fingerprint density at radius 1 is 1.00 bits per heavy atom. The molecule has 4 nitrogen and oxygen atoms in total. The molecule has 0 spiro atoms. The third-order valence-corrected chi connectivity index (χ3v) is 3.12. The van der Waals surface area contributed by atoms with Crippen LogP contribution in [-0.2, 0) is 9.59 Å². The number of benzene rings is 2. The van der Waals surface area contributed by atoms with E-state index in [1.807, 2.05) is 36.4 Å². The quantitative estimate of drug-likeness (QED) is 0.795. The van der Waals surface area contributed by atoms with Crippen molar-refractivity contribution < 1.29 is 9.59 Å². The van der Waals surface area contributed by atoms with Gasteiger partial charge in [0.1, 0.15) is 5.71 Å². The lowest BCUT2D eigenvalue weighted by molar-refractivity contribution is -0.121. The first-order valence-corrected chi connectivity index (χ1v) is 6.26. The first-order chi connectivity index (χ1) is 9.68. The van der Waals surface area contributed by atoms with Crippen LogP contribution in [0.4, 0.5) is 11.4 Å². The summed E-state index contributed by atoms with van der Waals surface area (Å²) in [4.78, 5) is 29.6. The summed E-state index contributed by atoms with van der Waals surface area (Å²) in [6.07, 6.45) is 0. The first kappa shape index (κ1) is 12.3. The monoisotopic (exact) mass is 264 g/mol. The molecule has 0 saturated carbocycles. The van der Waals surface area contributed by atoms with Crippen LogP contribution in [0.25, 0.3) is 0 Å². The number of anilines is 1. The lowest BCUT2D eigenvalue weighted by atomic mass is 10.1. The fraction of sp³-hybridized carbons (Fsp3) is 0.0625. The molecule has 3 rings (SSSR count). The molecule has 2 aromatic carbocycles. The molecule has 2 amide bonds. The second-order valence-corrected chi connectivity index (χ2v) is 4.47. The van der Waals surface area contributed by atoms with Crippen LogP contribution in [0.15, 0.2) is 59.6 Å². The second-order valence-electron chi connectivity index (χ2n) is 4.47.